The summed E-state index contributed by atoms with van der Waals surface area (Å²) in [7, 11) is 0. The van der Waals surface area contributed by atoms with Crippen molar-refractivity contribution in [3.05, 3.63) is 119 Å². The largest absolute Gasteiger partial charge is 0.398 e. The van der Waals surface area contributed by atoms with Gasteiger partial charge in [0, 0.05) is 11.3 Å². The molecule has 3 aromatic rings. The van der Waals surface area contributed by atoms with E-state index in [0.29, 0.717) is 0 Å². The molecule has 0 radical (unpaired) electrons. The molecule has 0 aromatic heterocycles. The molecule has 0 saturated heterocycles. The van der Waals surface area contributed by atoms with E-state index in [1.54, 1.807) is 0 Å². The molecule has 3 aliphatic carbocycles. The van der Waals surface area contributed by atoms with E-state index in [0.717, 1.165) is 12.1 Å². The molecule has 6 rings (SSSR count). The lowest BCUT2D eigenvalue weighted by molar-refractivity contribution is 0.788. The Balaban J connectivity index is 1.86. The van der Waals surface area contributed by atoms with Crippen molar-refractivity contribution in [2.24, 2.45) is 0 Å². The van der Waals surface area contributed by atoms with Crippen molar-refractivity contribution in [2.75, 3.05) is 5.73 Å². The van der Waals surface area contributed by atoms with E-state index in [9.17, 15) is 0 Å². The Labute approximate surface area is 159 Å². The monoisotopic (exact) mass is 345 g/mol. The first-order valence-electron chi connectivity index (χ1n) is 9.49. The van der Waals surface area contributed by atoms with Crippen molar-refractivity contribution in [2.45, 2.75) is 11.8 Å². The predicted octanol–water partition coefficient (Wildman–Crippen LogP) is 5.87. The van der Waals surface area contributed by atoms with Crippen molar-refractivity contribution in [3.8, 4) is 11.1 Å². The van der Waals surface area contributed by atoms with E-state index in [-0.39, 0.29) is 5.41 Å². The molecule has 2 N–H and O–H groups in total. The van der Waals surface area contributed by atoms with Crippen LogP contribution in [0.4, 0.5) is 5.69 Å². The van der Waals surface area contributed by atoms with Crippen LogP contribution >= 0.6 is 0 Å². The molecule has 0 fully saturated rings. The van der Waals surface area contributed by atoms with Gasteiger partial charge in [-0.1, -0.05) is 85.0 Å². The van der Waals surface area contributed by atoms with E-state index in [4.69, 9.17) is 5.73 Å². The second kappa shape index (κ2) is 5.11. The molecule has 3 aliphatic rings. The van der Waals surface area contributed by atoms with Crippen LogP contribution in [0.5, 0.6) is 0 Å². The van der Waals surface area contributed by atoms with Gasteiger partial charge in [-0.15, -0.1) is 0 Å². The first kappa shape index (κ1) is 14.8. The zero-order valence-electron chi connectivity index (χ0n) is 14.9. The lowest BCUT2D eigenvalue weighted by Gasteiger charge is -2.32. The van der Waals surface area contributed by atoms with E-state index in [2.05, 4.69) is 85.0 Å². The summed E-state index contributed by atoms with van der Waals surface area (Å²) < 4.78 is 0. The van der Waals surface area contributed by atoms with Crippen LogP contribution in [0.2, 0.25) is 0 Å². The molecule has 0 amide bonds. The molecule has 0 aliphatic heterocycles. The summed E-state index contributed by atoms with van der Waals surface area (Å²) in [6, 6.07) is 24.0. The highest BCUT2D eigenvalue weighted by atomic mass is 14.6. The van der Waals surface area contributed by atoms with E-state index in [1.807, 2.05) is 6.07 Å². The Morgan fingerprint density at radius 1 is 0.704 bits per heavy atom. The molecule has 1 spiro atoms. The lowest BCUT2D eigenvalue weighted by atomic mass is 9.69. The highest BCUT2D eigenvalue weighted by molar-refractivity contribution is 5.98. The predicted molar refractivity (Wildman–Crippen MR) is 112 cm³/mol. The summed E-state index contributed by atoms with van der Waals surface area (Å²) in [6.45, 7) is 0. The molecule has 1 heteroatoms. The topological polar surface area (TPSA) is 26.0 Å². The first-order chi connectivity index (χ1) is 13.3. The standard InChI is InChI=1S/C26H19N/c27-24-16-8-12-20-19-11-5-7-15-23(19)26(25(20)24)21-13-3-1-2-9-17(21)18-10-4-6-14-22(18)26/h1-8,10-16H,9,27H2. The summed E-state index contributed by atoms with van der Waals surface area (Å²) in [5.74, 6) is 0. The Morgan fingerprint density at radius 2 is 1.41 bits per heavy atom. The third-order valence-corrected chi connectivity index (χ3v) is 6.31. The second-order valence-electron chi connectivity index (χ2n) is 7.49. The summed E-state index contributed by atoms with van der Waals surface area (Å²) in [5.41, 5.74) is 17.9. The third-order valence-electron chi connectivity index (χ3n) is 6.31. The van der Waals surface area contributed by atoms with Crippen LogP contribution in [0, 0.1) is 0 Å². The fraction of sp³-hybridized carbons (Fsp3) is 0.0769. The minimum Gasteiger partial charge on any atom is -0.398 e. The van der Waals surface area contributed by atoms with Crippen LogP contribution in [-0.4, -0.2) is 0 Å². The van der Waals surface area contributed by atoms with Gasteiger partial charge in [-0.2, -0.15) is 0 Å². The maximum atomic E-state index is 6.66. The molecular weight excluding hydrogens is 326 g/mol. The number of benzene rings is 3. The molecule has 0 saturated carbocycles. The van der Waals surface area contributed by atoms with Crippen LogP contribution in [-0.2, 0) is 5.41 Å². The van der Waals surface area contributed by atoms with E-state index in [1.165, 1.54) is 44.5 Å². The van der Waals surface area contributed by atoms with Gasteiger partial charge >= 0.3 is 0 Å². The van der Waals surface area contributed by atoms with Gasteiger partial charge < -0.3 is 5.73 Å². The Morgan fingerprint density at radius 3 is 2.26 bits per heavy atom. The fourth-order valence-corrected chi connectivity index (χ4v) is 5.40. The Bertz CT molecular complexity index is 1210. The van der Waals surface area contributed by atoms with Crippen LogP contribution in [0.25, 0.3) is 16.7 Å². The number of hydrogen-bond donors (Lipinski definition) is 1. The average molecular weight is 345 g/mol. The summed E-state index contributed by atoms with van der Waals surface area (Å²) in [4.78, 5) is 0. The number of nitrogen functional groups attached to an aromatic ring is 1. The summed E-state index contributed by atoms with van der Waals surface area (Å²) in [5, 5.41) is 0. The molecule has 0 bridgehead atoms. The molecule has 3 aromatic carbocycles. The number of hydrogen-bond acceptors (Lipinski definition) is 1. The van der Waals surface area contributed by atoms with Gasteiger partial charge in [0.1, 0.15) is 0 Å². The van der Waals surface area contributed by atoms with Gasteiger partial charge in [0.15, 0.2) is 0 Å². The van der Waals surface area contributed by atoms with Gasteiger partial charge in [-0.05, 0) is 51.5 Å². The highest BCUT2D eigenvalue weighted by Crippen LogP contribution is 2.63. The van der Waals surface area contributed by atoms with Gasteiger partial charge in [0.25, 0.3) is 0 Å². The lowest BCUT2D eigenvalue weighted by Crippen LogP contribution is -2.27. The fourth-order valence-electron chi connectivity index (χ4n) is 5.40. The van der Waals surface area contributed by atoms with E-state index >= 15 is 0 Å². The zero-order chi connectivity index (χ0) is 18.0. The molecule has 1 atom stereocenters. The zero-order valence-corrected chi connectivity index (χ0v) is 14.9. The van der Waals surface area contributed by atoms with Gasteiger partial charge in [0.05, 0.1) is 5.41 Å². The molecule has 1 unspecified atom stereocenters. The number of anilines is 1. The smallest absolute Gasteiger partial charge is 0.0742 e. The molecule has 27 heavy (non-hydrogen) atoms. The van der Waals surface area contributed by atoms with Crippen LogP contribution < -0.4 is 5.73 Å². The maximum Gasteiger partial charge on any atom is 0.0742 e. The molecule has 1 nitrogen and oxygen atoms in total. The third kappa shape index (κ3) is 1.65. The summed E-state index contributed by atoms with van der Waals surface area (Å²) >= 11 is 0. The molecular formula is C26H19N. The average Bonchev–Trinajstić information content (AvgIpc) is 3.01. The minimum absolute atomic E-state index is 0.314. The van der Waals surface area contributed by atoms with E-state index < -0.39 is 0 Å². The highest BCUT2D eigenvalue weighted by Gasteiger charge is 2.52. The minimum atomic E-state index is -0.314. The van der Waals surface area contributed by atoms with Crippen molar-refractivity contribution in [1.82, 2.24) is 0 Å². The molecule has 128 valence electrons. The quantitative estimate of drug-likeness (QED) is 0.507. The number of rotatable bonds is 0. The van der Waals surface area contributed by atoms with Crippen molar-refractivity contribution in [3.63, 3.8) is 0 Å². The number of fused-ring (bicyclic) bond motifs is 9. The Hall–Kier alpha value is -3.32. The summed E-state index contributed by atoms with van der Waals surface area (Å²) in [6.07, 6.45) is 9.84. The van der Waals surface area contributed by atoms with Crippen molar-refractivity contribution < 1.29 is 0 Å². The SMILES string of the molecule is Nc1cccc2c1C1(C3=C(CC=CC=C3)c3ccccc31)c1ccccc1-2. The normalized spacial score (nSPS) is 21.0. The van der Waals surface area contributed by atoms with Gasteiger partial charge in [0.2, 0.25) is 0 Å². The Kier molecular flexibility index (Phi) is 2.80. The van der Waals surface area contributed by atoms with Crippen molar-refractivity contribution in [1.29, 1.82) is 0 Å². The maximum absolute atomic E-state index is 6.66. The number of allylic oxidation sites excluding steroid dienone is 6. The van der Waals surface area contributed by atoms with Crippen molar-refractivity contribution >= 4 is 11.3 Å². The number of nitrogens with two attached hydrogens (primary N) is 1. The second-order valence-corrected chi connectivity index (χ2v) is 7.49. The van der Waals surface area contributed by atoms with Crippen LogP contribution in [0.3, 0.4) is 0 Å². The molecule has 0 heterocycles. The first-order valence-corrected chi connectivity index (χ1v) is 9.49. The van der Waals surface area contributed by atoms with Gasteiger partial charge in [-0.3, -0.25) is 0 Å². The van der Waals surface area contributed by atoms with Crippen LogP contribution in [0.1, 0.15) is 28.7 Å². The van der Waals surface area contributed by atoms with Gasteiger partial charge in [-0.25, -0.2) is 0 Å². The van der Waals surface area contributed by atoms with Crippen LogP contribution in [0.15, 0.2) is 96.6 Å².